The van der Waals surface area contributed by atoms with Crippen LogP contribution in [0, 0.1) is 12.8 Å². The molecule has 1 N–H and O–H groups in total. The molecule has 2 aromatic rings. The monoisotopic (exact) mass is 569 g/mol. The Kier molecular flexibility index (Phi) is 13.5. The fraction of sp³-hybridized carbons (Fsp3) is 0.576. The standard InChI is InChI=1S/C33H47NO5S/c1-23(2)38-22-27(19-25-12-7-6-8-13-25)39-21-26-15-16-29(30(20-26)28-14-10-9-11-24(28)3)32(35)34-31(17-18-40-5)33(36)37-4/h9-11,14-16,20,23,25,27,31H,6-8,12-13,17-19,21-22H2,1-5H3,(H,34,35)/t27-,31-/m0/s1. The molecule has 2 aromatic carbocycles. The van der Waals surface area contributed by atoms with Gasteiger partial charge in [-0.1, -0.05) is 62.4 Å². The summed E-state index contributed by atoms with van der Waals surface area (Å²) in [6, 6.07) is 13.2. The summed E-state index contributed by atoms with van der Waals surface area (Å²) in [6.07, 6.45) is 10.2. The third-order valence-corrected chi connectivity index (χ3v) is 8.23. The van der Waals surface area contributed by atoms with Crippen LogP contribution in [0.4, 0.5) is 0 Å². The number of hydrogen-bond donors (Lipinski definition) is 1. The van der Waals surface area contributed by atoms with Gasteiger partial charge in [0.2, 0.25) is 0 Å². The number of aryl methyl sites for hydroxylation is 1. The van der Waals surface area contributed by atoms with Gasteiger partial charge in [0.25, 0.3) is 5.91 Å². The van der Waals surface area contributed by atoms with Gasteiger partial charge in [-0.05, 0) is 85.9 Å². The fourth-order valence-corrected chi connectivity index (χ4v) is 5.80. The van der Waals surface area contributed by atoms with Crippen LogP contribution in [0.3, 0.4) is 0 Å². The molecule has 3 rings (SSSR count). The Morgan fingerprint density at radius 3 is 2.45 bits per heavy atom. The summed E-state index contributed by atoms with van der Waals surface area (Å²) in [5.74, 6) is 0.709. The lowest BCUT2D eigenvalue weighted by atomic mass is 9.85. The van der Waals surface area contributed by atoms with Gasteiger partial charge in [0.05, 0.1) is 32.5 Å². The van der Waals surface area contributed by atoms with Crippen molar-refractivity contribution in [2.75, 3.05) is 25.7 Å². The van der Waals surface area contributed by atoms with Gasteiger partial charge in [0.15, 0.2) is 0 Å². The lowest BCUT2D eigenvalue weighted by Crippen LogP contribution is -2.42. The fourth-order valence-electron chi connectivity index (χ4n) is 5.33. The van der Waals surface area contributed by atoms with Crippen molar-refractivity contribution in [1.29, 1.82) is 0 Å². The second kappa shape index (κ2) is 16.8. The van der Waals surface area contributed by atoms with Gasteiger partial charge in [0.1, 0.15) is 6.04 Å². The maximum Gasteiger partial charge on any atom is 0.328 e. The molecular weight excluding hydrogens is 522 g/mol. The van der Waals surface area contributed by atoms with Crippen molar-refractivity contribution in [2.45, 2.75) is 90.6 Å². The first-order valence-electron chi connectivity index (χ1n) is 14.6. The highest BCUT2D eigenvalue weighted by Gasteiger charge is 2.24. The SMILES string of the molecule is COC(=O)[C@H](CCSC)NC(=O)c1ccc(CO[C@H](COC(C)C)CC2CCCCC2)cc1-c1ccccc1C. The van der Waals surface area contributed by atoms with E-state index in [-0.39, 0.29) is 18.1 Å². The number of ether oxygens (including phenoxy) is 3. The molecule has 0 spiro atoms. The van der Waals surface area contributed by atoms with Crippen LogP contribution in [-0.4, -0.2) is 55.9 Å². The predicted molar refractivity (Wildman–Crippen MR) is 164 cm³/mol. The molecule has 0 bridgehead atoms. The van der Waals surface area contributed by atoms with Gasteiger partial charge >= 0.3 is 5.97 Å². The number of rotatable bonds is 15. The molecule has 0 radical (unpaired) electrons. The van der Waals surface area contributed by atoms with E-state index in [2.05, 4.69) is 19.2 Å². The second-order valence-electron chi connectivity index (χ2n) is 11.1. The van der Waals surface area contributed by atoms with Crippen LogP contribution in [0.25, 0.3) is 11.1 Å². The first-order valence-corrected chi connectivity index (χ1v) is 16.0. The van der Waals surface area contributed by atoms with E-state index in [4.69, 9.17) is 14.2 Å². The van der Waals surface area contributed by atoms with Crippen LogP contribution in [0.15, 0.2) is 42.5 Å². The summed E-state index contributed by atoms with van der Waals surface area (Å²) in [6.45, 7) is 7.19. The summed E-state index contributed by atoms with van der Waals surface area (Å²) in [5, 5.41) is 2.92. The Balaban J connectivity index is 1.83. The number of hydrogen-bond acceptors (Lipinski definition) is 6. The summed E-state index contributed by atoms with van der Waals surface area (Å²) < 4.78 is 17.4. The van der Waals surface area contributed by atoms with Crippen molar-refractivity contribution in [1.82, 2.24) is 5.32 Å². The van der Waals surface area contributed by atoms with Gasteiger partial charge in [-0.3, -0.25) is 4.79 Å². The molecule has 0 unspecified atom stereocenters. The second-order valence-corrected chi connectivity index (χ2v) is 12.1. The molecule has 40 heavy (non-hydrogen) atoms. The molecule has 2 atom stereocenters. The number of carbonyl (C=O) groups excluding carboxylic acids is 2. The lowest BCUT2D eigenvalue weighted by Gasteiger charge is -2.27. The minimum absolute atomic E-state index is 0.0348. The lowest BCUT2D eigenvalue weighted by molar-refractivity contribution is -0.142. The topological polar surface area (TPSA) is 73.9 Å². The van der Waals surface area contributed by atoms with Gasteiger partial charge < -0.3 is 19.5 Å². The van der Waals surface area contributed by atoms with Crippen LogP contribution in [0.1, 0.15) is 80.3 Å². The highest BCUT2D eigenvalue weighted by atomic mass is 32.2. The van der Waals surface area contributed by atoms with Gasteiger partial charge in [-0.15, -0.1) is 0 Å². The van der Waals surface area contributed by atoms with Gasteiger partial charge in [-0.2, -0.15) is 11.8 Å². The average Bonchev–Trinajstić information content (AvgIpc) is 2.96. The smallest absolute Gasteiger partial charge is 0.328 e. The van der Waals surface area contributed by atoms with Crippen LogP contribution < -0.4 is 5.32 Å². The van der Waals surface area contributed by atoms with Crippen molar-refractivity contribution in [2.24, 2.45) is 5.92 Å². The van der Waals surface area contributed by atoms with E-state index < -0.39 is 12.0 Å². The molecule has 7 heteroatoms. The Morgan fingerprint density at radius 2 is 1.77 bits per heavy atom. The number of amides is 1. The van der Waals surface area contributed by atoms with Crippen LogP contribution >= 0.6 is 11.8 Å². The molecule has 1 saturated carbocycles. The zero-order valence-corrected chi connectivity index (χ0v) is 25.7. The zero-order valence-electron chi connectivity index (χ0n) is 24.9. The molecule has 0 heterocycles. The van der Waals surface area contributed by atoms with E-state index in [1.165, 1.54) is 39.2 Å². The average molecular weight is 570 g/mol. The van der Waals surface area contributed by atoms with E-state index in [0.717, 1.165) is 34.4 Å². The van der Waals surface area contributed by atoms with Crippen molar-refractivity contribution >= 4 is 23.6 Å². The number of carbonyl (C=O) groups is 2. The van der Waals surface area contributed by atoms with Crippen LogP contribution in [0.5, 0.6) is 0 Å². The first kappa shape index (κ1) is 32.2. The quantitative estimate of drug-likeness (QED) is 0.234. The molecule has 1 aliphatic carbocycles. The normalized spacial score (nSPS) is 15.6. The van der Waals surface area contributed by atoms with E-state index in [9.17, 15) is 9.59 Å². The third kappa shape index (κ3) is 9.93. The molecule has 1 fully saturated rings. The zero-order chi connectivity index (χ0) is 28.9. The van der Waals surface area contributed by atoms with Crippen molar-refractivity contribution < 1.29 is 23.8 Å². The molecule has 6 nitrogen and oxygen atoms in total. The van der Waals surface area contributed by atoms with Crippen molar-refractivity contribution in [3.05, 3.63) is 59.2 Å². The summed E-state index contributed by atoms with van der Waals surface area (Å²) in [5.41, 5.74) is 4.41. The molecule has 220 valence electrons. The van der Waals surface area contributed by atoms with Gasteiger partial charge in [0, 0.05) is 5.56 Å². The molecule has 0 aliphatic heterocycles. The number of benzene rings is 2. The number of nitrogens with one attached hydrogen (secondary N) is 1. The highest BCUT2D eigenvalue weighted by molar-refractivity contribution is 7.98. The Morgan fingerprint density at radius 1 is 1.02 bits per heavy atom. The molecule has 0 saturated heterocycles. The maximum atomic E-state index is 13.5. The van der Waals surface area contributed by atoms with Gasteiger partial charge in [-0.25, -0.2) is 4.79 Å². The van der Waals surface area contributed by atoms with Crippen LogP contribution in [0.2, 0.25) is 0 Å². The summed E-state index contributed by atoms with van der Waals surface area (Å²) in [7, 11) is 1.35. The molecule has 1 amide bonds. The molecule has 1 aliphatic rings. The predicted octanol–water partition coefficient (Wildman–Crippen LogP) is 6.97. The van der Waals surface area contributed by atoms with E-state index in [0.29, 0.717) is 31.1 Å². The maximum absolute atomic E-state index is 13.5. The minimum Gasteiger partial charge on any atom is -0.467 e. The first-order chi connectivity index (χ1) is 19.3. The highest BCUT2D eigenvalue weighted by Crippen LogP contribution is 2.31. The molecule has 0 aromatic heterocycles. The Labute approximate surface area is 244 Å². The Hall–Kier alpha value is -2.35. The number of thioether (sulfide) groups is 1. The summed E-state index contributed by atoms with van der Waals surface area (Å²) in [4.78, 5) is 25.9. The van der Waals surface area contributed by atoms with Crippen molar-refractivity contribution in [3.63, 3.8) is 0 Å². The molecular formula is C33H47NO5S. The van der Waals surface area contributed by atoms with E-state index in [1.54, 1.807) is 11.8 Å². The van der Waals surface area contributed by atoms with E-state index >= 15 is 0 Å². The summed E-state index contributed by atoms with van der Waals surface area (Å²) >= 11 is 1.63. The largest absolute Gasteiger partial charge is 0.467 e. The van der Waals surface area contributed by atoms with Crippen LogP contribution in [-0.2, 0) is 25.6 Å². The van der Waals surface area contributed by atoms with E-state index in [1.807, 2.05) is 55.6 Å². The number of methoxy groups -OCH3 is 1. The van der Waals surface area contributed by atoms with Crippen molar-refractivity contribution in [3.8, 4) is 11.1 Å². The number of esters is 1. The Bertz CT molecular complexity index is 1080. The minimum atomic E-state index is -0.695. The third-order valence-electron chi connectivity index (χ3n) is 7.59.